The molecular formula is C36H51N3O2. The third kappa shape index (κ3) is 7.84. The third-order valence-corrected chi connectivity index (χ3v) is 8.26. The lowest BCUT2D eigenvalue weighted by Gasteiger charge is -2.27. The van der Waals surface area contributed by atoms with Gasteiger partial charge in [0.1, 0.15) is 11.5 Å². The van der Waals surface area contributed by atoms with Gasteiger partial charge in [-0.05, 0) is 63.5 Å². The van der Waals surface area contributed by atoms with Crippen molar-refractivity contribution < 1.29 is 10.2 Å². The van der Waals surface area contributed by atoms with E-state index in [4.69, 9.17) is 0 Å². The molecule has 5 heteroatoms. The maximum absolute atomic E-state index is 11.4. The van der Waals surface area contributed by atoms with Gasteiger partial charge in [-0.2, -0.15) is 0 Å². The number of anilines is 1. The molecule has 0 spiro atoms. The third-order valence-electron chi connectivity index (χ3n) is 8.26. The number of phenols is 2. The van der Waals surface area contributed by atoms with E-state index in [0.717, 1.165) is 53.9 Å². The second kappa shape index (κ2) is 12.1. The van der Waals surface area contributed by atoms with Crippen LogP contribution in [0.4, 0.5) is 5.69 Å². The Balaban J connectivity index is 1.73. The molecule has 41 heavy (non-hydrogen) atoms. The quantitative estimate of drug-likeness (QED) is 0.200. The molecule has 0 unspecified atom stereocenters. The Hall–Kier alpha value is -3.02. The Morgan fingerprint density at radius 1 is 0.610 bits per heavy atom. The Kier molecular flexibility index (Phi) is 9.10. The Bertz CT molecular complexity index is 1260. The van der Waals surface area contributed by atoms with Gasteiger partial charge in [-0.25, -0.2) is 0 Å². The summed E-state index contributed by atoms with van der Waals surface area (Å²) >= 11 is 0. The molecule has 3 aromatic rings. The number of rotatable bonds is 0. The lowest BCUT2D eigenvalue weighted by molar-refractivity contribution is 0.317. The van der Waals surface area contributed by atoms with Gasteiger partial charge in [0.2, 0.25) is 0 Å². The van der Waals surface area contributed by atoms with Crippen molar-refractivity contribution in [3.05, 3.63) is 87.5 Å². The van der Waals surface area contributed by atoms with E-state index in [1.807, 2.05) is 6.07 Å². The molecule has 0 saturated heterocycles. The molecule has 0 atom stereocenters. The summed E-state index contributed by atoms with van der Waals surface area (Å²) in [6.45, 7) is 21.1. The molecule has 1 aliphatic heterocycles. The Labute approximate surface area is 247 Å². The second-order valence-electron chi connectivity index (χ2n) is 14.7. The van der Waals surface area contributed by atoms with Crippen LogP contribution in [0, 0.1) is 5.41 Å². The van der Waals surface area contributed by atoms with Gasteiger partial charge < -0.3 is 26.2 Å². The number of phenolic OH excluding ortho intramolecular Hbond substituents is 2. The first-order valence-electron chi connectivity index (χ1n) is 15.1. The van der Waals surface area contributed by atoms with Crippen LogP contribution >= 0.6 is 0 Å². The van der Waals surface area contributed by atoms with E-state index in [-0.39, 0.29) is 16.2 Å². The van der Waals surface area contributed by atoms with E-state index < -0.39 is 0 Å². The van der Waals surface area contributed by atoms with Crippen LogP contribution in [0.15, 0.2) is 48.5 Å². The highest BCUT2D eigenvalue weighted by Gasteiger charge is 2.23. The molecule has 0 radical (unpaired) electrons. The molecule has 4 rings (SSSR count). The monoisotopic (exact) mass is 557 g/mol. The van der Waals surface area contributed by atoms with Crippen LogP contribution < -0.4 is 16.0 Å². The molecule has 0 fully saturated rings. The first-order valence-corrected chi connectivity index (χ1v) is 15.1. The van der Waals surface area contributed by atoms with Gasteiger partial charge in [-0.15, -0.1) is 0 Å². The lowest BCUT2D eigenvalue weighted by Crippen LogP contribution is -2.37. The summed E-state index contributed by atoms with van der Waals surface area (Å²) in [5, 5.41) is 33.5. The summed E-state index contributed by atoms with van der Waals surface area (Å²) in [7, 11) is 0. The Morgan fingerprint density at radius 2 is 1.05 bits per heavy atom. The number of benzene rings is 3. The van der Waals surface area contributed by atoms with E-state index in [9.17, 15) is 10.2 Å². The standard InChI is InChI=1S/C36H51N3O2/c1-34(2,3)29-15-25-14-13-24-11-9-10-12-31(24)39-21-28-18-30(35(4,5)6)17-27(33(28)41)20-38-23-36(7,8)22-37-19-26(16-29)32(25)40/h9-12,15-18,37-41H,13-14,19-23H2,1-8H3. The van der Waals surface area contributed by atoms with Crippen molar-refractivity contribution >= 4 is 5.69 Å². The summed E-state index contributed by atoms with van der Waals surface area (Å²) in [6.07, 6.45) is 1.54. The van der Waals surface area contributed by atoms with Crippen LogP contribution in [0.25, 0.3) is 0 Å². The number of aryl methyl sites for hydroxylation is 2. The second-order valence-corrected chi connectivity index (χ2v) is 14.7. The van der Waals surface area contributed by atoms with Gasteiger partial charge in [-0.1, -0.05) is 91.8 Å². The molecule has 4 bridgehead atoms. The van der Waals surface area contributed by atoms with Gasteiger partial charge in [0.25, 0.3) is 0 Å². The molecule has 5 nitrogen and oxygen atoms in total. The van der Waals surface area contributed by atoms with E-state index in [2.05, 4.69) is 114 Å². The van der Waals surface area contributed by atoms with Crippen LogP contribution in [0.3, 0.4) is 0 Å². The minimum Gasteiger partial charge on any atom is -0.507 e. The van der Waals surface area contributed by atoms with Crippen LogP contribution in [0.1, 0.15) is 94.3 Å². The summed E-state index contributed by atoms with van der Waals surface area (Å²) in [6, 6.07) is 17.0. The molecule has 0 saturated carbocycles. The van der Waals surface area contributed by atoms with Gasteiger partial charge in [0.05, 0.1) is 0 Å². The topological polar surface area (TPSA) is 76.5 Å². The molecule has 3 aromatic carbocycles. The highest BCUT2D eigenvalue weighted by Crippen LogP contribution is 2.34. The predicted octanol–water partition coefficient (Wildman–Crippen LogP) is 7.31. The van der Waals surface area contributed by atoms with Gasteiger partial charge in [0, 0.05) is 55.1 Å². The van der Waals surface area contributed by atoms with Crippen LogP contribution in [-0.4, -0.2) is 23.3 Å². The van der Waals surface area contributed by atoms with Crippen molar-refractivity contribution in [1.29, 1.82) is 0 Å². The molecule has 5 N–H and O–H groups in total. The fourth-order valence-corrected chi connectivity index (χ4v) is 5.49. The van der Waals surface area contributed by atoms with Gasteiger partial charge in [-0.3, -0.25) is 0 Å². The summed E-state index contributed by atoms with van der Waals surface area (Å²) in [4.78, 5) is 0. The molecule has 222 valence electrons. The van der Waals surface area contributed by atoms with Crippen molar-refractivity contribution in [1.82, 2.24) is 10.6 Å². The average Bonchev–Trinajstić information content (AvgIpc) is 2.87. The zero-order valence-corrected chi connectivity index (χ0v) is 26.5. The molecule has 1 heterocycles. The number of nitrogens with one attached hydrogen (secondary N) is 3. The lowest BCUT2D eigenvalue weighted by atomic mass is 9.83. The largest absolute Gasteiger partial charge is 0.507 e. The highest BCUT2D eigenvalue weighted by atomic mass is 16.3. The minimum atomic E-state index is -0.0325. The SMILES string of the molecule is CC1(C)CNCc2cc(C(C)(C)C)cc(c2O)CCc2ccccc2NCc2cc(C(C)(C)C)cc(c2O)CNC1. The molecule has 0 aliphatic carbocycles. The molecule has 0 amide bonds. The van der Waals surface area contributed by atoms with Crippen LogP contribution in [0.5, 0.6) is 11.5 Å². The number of hydrogen-bond donors (Lipinski definition) is 5. The zero-order chi connectivity index (χ0) is 30.0. The summed E-state index contributed by atoms with van der Waals surface area (Å²) in [5.74, 6) is 0.764. The number of aromatic hydroxyl groups is 2. The van der Waals surface area contributed by atoms with E-state index in [1.165, 1.54) is 16.7 Å². The maximum atomic E-state index is 11.4. The molecular weight excluding hydrogens is 506 g/mol. The van der Waals surface area contributed by atoms with Gasteiger partial charge in [0.15, 0.2) is 0 Å². The van der Waals surface area contributed by atoms with E-state index >= 15 is 0 Å². The van der Waals surface area contributed by atoms with Crippen molar-refractivity contribution in [3.63, 3.8) is 0 Å². The Morgan fingerprint density at radius 3 is 1.59 bits per heavy atom. The fraction of sp³-hybridized carbons (Fsp3) is 0.500. The normalized spacial score (nSPS) is 17.0. The number of fused-ring (bicyclic) bond motifs is 5. The van der Waals surface area contributed by atoms with Crippen LogP contribution in [0.2, 0.25) is 0 Å². The fourth-order valence-electron chi connectivity index (χ4n) is 5.49. The number of para-hydroxylation sites is 1. The first-order chi connectivity index (χ1) is 19.1. The highest BCUT2D eigenvalue weighted by molar-refractivity contribution is 5.54. The van der Waals surface area contributed by atoms with E-state index in [1.54, 1.807) is 0 Å². The van der Waals surface area contributed by atoms with Gasteiger partial charge >= 0.3 is 0 Å². The van der Waals surface area contributed by atoms with Crippen LogP contribution in [-0.2, 0) is 43.3 Å². The van der Waals surface area contributed by atoms with Crippen molar-refractivity contribution in [2.24, 2.45) is 5.41 Å². The summed E-state index contributed by atoms with van der Waals surface area (Å²) < 4.78 is 0. The first kappa shape index (κ1) is 30.9. The molecule has 0 aromatic heterocycles. The predicted molar refractivity (Wildman–Crippen MR) is 172 cm³/mol. The average molecular weight is 558 g/mol. The van der Waals surface area contributed by atoms with E-state index in [0.29, 0.717) is 31.1 Å². The maximum Gasteiger partial charge on any atom is 0.125 e. The van der Waals surface area contributed by atoms with Crippen molar-refractivity contribution in [3.8, 4) is 11.5 Å². The van der Waals surface area contributed by atoms with Crippen molar-refractivity contribution in [2.45, 2.75) is 98.7 Å². The van der Waals surface area contributed by atoms with Crippen molar-refractivity contribution in [2.75, 3.05) is 18.4 Å². The summed E-state index contributed by atoms with van der Waals surface area (Å²) in [5.41, 5.74) is 8.42. The smallest absolute Gasteiger partial charge is 0.125 e. The zero-order valence-electron chi connectivity index (χ0n) is 26.5. The molecule has 1 aliphatic rings. The number of hydrogen-bond acceptors (Lipinski definition) is 5. The minimum absolute atomic E-state index is 0.0171.